The third-order valence-corrected chi connectivity index (χ3v) is 7.03. The maximum atomic E-state index is 12.7. The van der Waals surface area contributed by atoms with E-state index in [1.165, 1.54) is 32.1 Å². The summed E-state index contributed by atoms with van der Waals surface area (Å²) in [5.74, 6) is 3.97. The first-order chi connectivity index (χ1) is 9.73. The van der Waals surface area contributed by atoms with Crippen LogP contribution in [0.1, 0.15) is 58.3 Å². The van der Waals surface area contributed by atoms with E-state index < -0.39 is 0 Å². The monoisotopic (exact) mass is 276 g/mol. The number of hydrogen-bond acceptors (Lipinski definition) is 2. The van der Waals surface area contributed by atoms with Gasteiger partial charge in [-0.2, -0.15) is 0 Å². The molecule has 112 valence electrons. The summed E-state index contributed by atoms with van der Waals surface area (Å²) in [5.41, 5.74) is -0.253. The number of rotatable bonds is 3. The van der Waals surface area contributed by atoms with Gasteiger partial charge in [-0.05, 0) is 75.2 Å². The third kappa shape index (κ3) is 1.78. The molecule has 20 heavy (non-hydrogen) atoms. The van der Waals surface area contributed by atoms with E-state index >= 15 is 0 Å². The van der Waals surface area contributed by atoms with Crippen molar-refractivity contribution in [2.45, 2.75) is 69.9 Å². The average molecular weight is 276 g/mol. The number of hydrogen-bond donors (Lipinski definition) is 2. The van der Waals surface area contributed by atoms with Crippen molar-refractivity contribution in [1.82, 2.24) is 10.6 Å². The molecule has 0 aromatic rings. The van der Waals surface area contributed by atoms with Gasteiger partial charge in [0.05, 0.1) is 5.54 Å². The first kappa shape index (κ1) is 13.1. The lowest BCUT2D eigenvalue weighted by Crippen LogP contribution is -2.56. The van der Waals surface area contributed by atoms with Gasteiger partial charge in [-0.3, -0.25) is 4.79 Å². The molecular formula is C17H28N2O. The highest BCUT2D eigenvalue weighted by Crippen LogP contribution is 2.58. The fourth-order valence-corrected chi connectivity index (χ4v) is 6.00. The second kappa shape index (κ2) is 4.72. The van der Waals surface area contributed by atoms with E-state index in [-0.39, 0.29) is 5.54 Å². The van der Waals surface area contributed by atoms with Crippen LogP contribution in [-0.2, 0) is 4.79 Å². The lowest BCUT2D eigenvalue weighted by Gasteiger charge is -2.35. The number of amides is 1. The van der Waals surface area contributed by atoms with Crippen LogP contribution < -0.4 is 10.6 Å². The quantitative estimate of drug-likeness (QED) is 0.831. The molecule has 3 nitrogen and oxygen atoms in total. The molecule has 6 atom stereocenters. The van der Waals surface area contributed by atoms with Crippen molar-refractivity contribution in [3.8, 4) is 0 Å². The van der Waals surface area contributed by atoms with Crippen LogP contribution in [0, 0.1) is 23.7 Å². The predicted molar refractivity (Wildman–Crippen MR) is 79.2 cm³/mol. The normalized spacial score (nSPS) is 49.5. The van der Waals surface area contributed by atoms with Crippen LogP contribution in [-0.4, -0.2) is 24.0 Å². The van der Waals surface area contributed by atoms with Gasteiger partial charge < -0.3 is 10.6 Å². The lowest BCUT2D eigenvalue weighted by atomic mass is 9.78. The Morgan fingerprint density at radius 3 is 2.80 bits per heavy atom. The summed E-state index contributed by atoms with van der Waals surface area (Å²) in [5, 5.41) is 6.93. The average Bonchev–Trinajstić information content (AvgIpc) is 3.20. The third-order valence-electron chi connectivity index (χ3n) is 7.03. The van der Waals surface area contributed by atoms with E-state index in [0.717, 1.165) is 49.5 Å². The molecule has 2 bridgehead atoms. The number of carbonyl (C=O) groups excluding carboxylic acids is 1. The molecule has 3 heteroatoms. The van der Waals surface area contributed by atoms with Crippen molar-refractivity contribution in [2.75, 3.05) is 6.54 Å². The molecule has 1 amide bonds. The van der Waals surface area contributed by atoms with Crippen molar-refractivity contribution in [3.05, 3.63) is 0 Å². The Morgan fingerprint density at radius 1 is 1.20 bits per heavy atom. The first-order valence-electron chi connectivity index (χ1n) is 8.79. The van der Waals surface area contributed by atoms with Crippen molar-refractivity contribution in [2.24, 2.45) is 23.7 Å². The van der Waals surface area contributed by atoms with Crippen LogP contribution >= 0.6 is 0 Å². The van der Waals surface area contributed by atoms with Gasteiger partial charge >= 0.3 is 0 Å². The minimum atomic E-state index is -0.253. The van der Waals surface area contributed by atoms with Crippen LogP contribution in [0.3, 0.4) is 0 Å². The van der Waals surface area contributed by atoms with Crippen molar-refractivity contribution < 1.29 is 4.79 Å². The number of nitrogens with one attached hydrogen (secondary N) is 2. The van der Waals surface area contributed by atoms with Gasteiger partial charge in [0, 0.05) is 6.04 Å². The Hall–Kier alpha value is -0.570. The first-order valence-corrected chi connectivity index (χ1v) is 8.79. The standard InChI is InChI=1S/C17H28N2O/c1-2-17(7-4-8-18-17)16(20)19-15-10-11-9-14(15)13-6-3-5-12(11)13/h11-15,18H,2-10H2,1H3,(H,19,20). The second-order valence-corrected chi connectivity index (χ2v) is 7.70. The smallest absolute Gasteiger partial charge is 0.240 e. The van der Waals surface area contributed by atoms with E-state index in [0.29, 0.717) is 11.9 Å². The molecule has 6 unspecified atom stereocenters. The molecule has 0 spiro atoms. The molecule has 1 heterocycles. The van der Waals surface area contributed by atoms with Crippen LogP contribution in [0.25, 0.3) is 0 Å². The van der Waals surface area contributed by atoms with Gasteiger partial charge in [-0.15, -0.1) is 0 Å². The van der Waals surface area contributed by atoms with Crippen LogP contribution in [0.4, 0.5) is 0 Å². The highest BCUT2D eigenvalue weighted by Gasteiger charge is 2.54. The fourth-order valence-electron chi connectivity index (χ4n) is 6.00. The SMILES string of the molecule is CCC1(C(=O)NC2CC3CC2C2CCCC32)CCCN1. The zero-order valence-electron chi connectivity index (χ0n) is 12.7. The van der Waals surface area contributed by atoms with Crippen LogP contribution in [0.5, 0.6) is 0 Å². The Bertz CT molecular complexity index is 402. The van der Waals surface area contributed by atoms with Gasteiger partial charge in [0.15, 0.2) is 0 Å². The highest BCUT2D eigenvalue weighted by molar-refractivity contribution is 5.87. The van der Waals surface area contributed by atoms with Gasteiger partial charge in [-0.25, -0.2) is 0 Å². The highest BCUT2D eigenvalue weighted by atomic mass is 16.2. The fraction of sp³-hybridized carbons (Fsp3) is 0.941. The summed E-state index contributed by atoms with van der Waals surface area (Å²) < 4.78 is 0. The molecule has 4 rings (SSSR count). The van der Waals surface area contributed by atoms with Crippen LogP contribution in [0.2, 0.25) is 0 Å². The minimum Gasteiger partial charge on any atom is -0.351 e. The molecule has 4 fully saturated rings. The van der Waals surface area contributed by atoms with Crippen molar-refractivity contribution in [1.29, 1.82) is 0 Å². The van der Waals surface area contributed by atoms with E-state index in [1.54, 1.807) is 0 Å². The predicted octanol–water partition coefficient (Wildman–Crippen LogP) is 2.46. The molecule has 0 aromatic heterocycles. The number of carbonyl (C=O) groups is 1. The molecule has 2 N–H and O–H groups in total. The Kier molecular flexibility index (Phi) is 3.10. The Labute approximate surface area is 122 Å². The maximum absolute atomic E-state index is 12.7. The zero-order valence-corrected chi connectivity index (χ0v) is 12.7. The Morgan fingerprint density at radius 2 is 2.05 bits per heavy atom. The van der Waals surface area contributed by atoms with Gasteiger partial charge in [-0.1, -0.05) is 13.3 Å². The summed E-state index contributed by atoms with van der Waals surface area (Å²) in [7, 11) is 0. The summed E-state index contributed by atoms with van der Waals surface area (Å²) in [6.45, 7) is 3.15. The molecule has 1 aliphatic heterocycles. The molecular weight excluding hydrogens is 248 g/mol. The maximum Gasteiger partial charge on any atom is 0.240 e. The largest absolute Gasteiger partial charge is 0.351 e. The zero-order chi connectivity index (χ0) is 13.7. The molecule has 0 aromatic carbocycles. The molecule has 3 aliphatic carbocycles. The summed E-state index contributed by atoms with van der Waals surface area (Å²) in [4.78, 5) is 12.7. The number of fused-ring (bicyclic) bond motifs is 5. The van der Waals surface area contributed by atoms with Crippen molar-refractivity contribution >= 4 is 5.91 Å². The second-order valence-electron chi connectivity index (χ2n) is 7.70. The van der Waals surface area contributed by atoms with Gasteiger partial charge in [0.2, 0.25) is 5.91 Å². The van der Waals surface area contributed by atoms with Crippen LogP contribution in [0.15, 0.2) is 0 Å². The lowest BCUT2D eigenvalue weighted by molar-refractivity contribution is -0.128. The van der Waals surface area contributed by atoms with Crippen molar-refractivity contribution in [3.63, 3.8) is 0 Å². The molecule has 3 saturated carbocycles. The van der Waals surface area contributed by atoms with E-state index in [4.69, 9.17) is 0 Å². The van der Waals surface area contributed by atoms with Gasteiger partial charge in [0.1, 0.15) is 0 Å². The summed E-state index contributed by atoms with van der Waals surface area (Å²) >= 11 is 0. The van der Waals surface area contributed by atoms with E-state index in [2.05, 4.69) is 17.6 Å². The summed E-state index contributed by atoms with van der Waals surface area (Å²) in [6, 6.07) is 0.484. The molecule has 1 saturated heterocycles. The topological polar surface area (TPSA) is 41.1 Å². The van der Waals surface area contributed by atoms with Gasteiger partial charge in [0.25, 0.3) is 0 Å². The van der Waals surface area contributed by atoms with E-state index in [1.807, 2.05) is 0 Å². The minimum absolute atomic E-state index is 0.253. The summed E-state index contributed by atoms with van der Waals surface area (Å²) in [6.07, 6.45) is 10.1. The molecule has 0 radical (unpaired) electrons. The van der Waals surface area contributed by atoms with E-state index in [9.17, 15) is 4.79 Å². The Balaban J connectivity index is 1.44. The molecule has 4 aliphatic rings.